The summed E-state index contributed by atoms with van der Waals surface area (Å²) in [5.41, 5.74) is -1.46. The molecule has 0 saturated heterocycles. The van der Waals surface area contributed by atoms with E-state index in [0.29, 0.717) is 5.75 Å². The molecular weight excluding hydrogens is 332 g/mol. The minimum atomic E-state index is -1.42. The Bertz CT molecular complexity index is 818. The van der Waals surface area contributed by atoms with E-state index >= 15 is 0 Å². The summed E-state index contributed by atoms with van der Waals surface area (Å²) in [6.07, 6.45) is 0. The van der Waals surface area contributed by atoms with Gasteiger partial charge in [0.05, 0.1) is 20.7 Å². The van der Waals surface area contributed by atoms with E-state index in [1.165, 1.54) is 19.0 Å². The van der Waals surface area contributed by atoms with Crippen LogP contribution in [0, 0.1) is 11.6 Å². The highest BCUT2D eigenvalue weighted by molar-refractivity contribution is 7.99. The van der Waals surface area contributed by atoms with Crippen LogP contribution in [0.25, 0.3) is 10.1 Å². The Morgan fingerprint density at radius 3 is 2.50 bits per heavy atom. The predicted molar refractivity (Wildman–Crippen MR) is 85.7 cm³/mol. The molecule has 0 bridgehead atoms. The number of carboxylic acids is 1. The van der Waals surface area contributed by atoms with Crippen LogP contribution in [0.1, 0.15) is 17.3 Å². The number of anilines is 1. The fourth-order valence-corrected chi connectivity index (χ4v) is 3.86. The summed E-state index contributed by atoms with van der Waals surface area (Å²) in [7, 11) is 3.04. The lowest BCUT2D eigenvalue weighted by molar-refractivity contribution is 0.0696. The van der Waals surface area contributed by atoms with Gasteiger partial charge in [-0.3, -0.25) is 4.79 Å². The number of halogens is 2. The fraction of sp³-hybridized carbons (Fsp3) is 0.286. The molecule has 0 aliphatic rings. The van der Waals surface area contributed by atoms with Crippen molar-refractivity contribution in [2.24, 2.45) is 0 Å². The van der Waals surface area contributed by atoms with Crippen LogP contribution in [-0.4, -0.2) is 30.9 Å². The van der Waals surface area contributed by atoms with Gasteiger partial charge in [-0.2, -0.15) is 0 Å². The van der Waals surface area contributed by atoms with Crippen molar-refractivity contribution in [1.29, 1.82) is 0 Å². The summed E-state index contributed by atoms with van der Waals surface area (Å²) in [5.74, 6) is -2.60. The topological polar surface area (TPSA) is 57.6 Å². The molecule has 0 radical (unpaired) electrons. The molecule has 4 nitrogen and oxygen atoms in total. The first-order valence-electron chi connectivity index (χ1n) is 6.31. The molecule has 2 rings (SSSR count). The SMILES string of the molecule is CCSc1c(F)c(N(C)C)c2c(=O)c(C(=O)O)csc2c1F. The van der Waals surface area contributed by atoms with E-state index in [4.69, 9.17) is 5.11 Å². The van der Waals surface area contributed by atoms with Crippen LogP contribution in [0.15, 0.2) is 15.1 Å². The lowest BCUT2D eigenvalue weighted by Gasteiger charge is -2.19. The van der Waals surface area contributed by atoms with Gasteiger partial charge in [0.25, 0.3) is 0 Å². The van der Waals surface area contributed by atoms with Crippen LogP contribution in [0.3, 0.4) is 0 Å². The normalized spacial score (nSPS) is 11.0. The molecule has 0 unspecified atom stereocenters. The third kappa shape index (κ3) is 2.56. The van der Waals surface area contributed by atoms with Crippen molar-refractivity contribution in [3.63, 3.8) is 0 Å². The molecule has 22 heavy (non-hydrogen) atoms. The van der Waals surface area contributed by atoms with Gasteiger partial charge in [-0.05, 0) is 5.75 Å². The molecule has 0 amide bonds. The number of benzene rings is 1. The molecule has 0 saturated carbocycles. The minimum Gasteiger partial charge on any atom is -0.478 e. The largest absolute Gasteiger partial charge is 0.478 e. The molecule has 0 aliphatic carbocycles. The van der Waals surface area contributed by atoms with Crippen molar-refractivity contribution in [2.45, 2.75) is 11.8 Å². The van der Waals surface area contributed by atoms with Gasteiger partial charge in [-0.25, -0.2) is 13.6 Å². The van der Waals surface area contributed by atoms with Gasteiger partial charge in [0.2, 0.25) is 5.43 Å². The third-order valence-corrected chi connectivity index (χ3v) is 4.91. The van der Waals surface area contributed by atoms with E-state index in [-0.39, 0.29) is 20.7 Å². The molecule has 1 N–H and O–H groups in total. The van der Waals surface area contributed by atoms with Crippen LogP contribution < -0.4 is 10.3 Å². The third-order valence-electron chi connectivity index (χ3n) is 3.00. The maximum atomic E-state index is 14.6. The van der Waals surface area contributed by atoms with Crippen molar-refractivity contribution in [2.75, 3.05) is 24.7 Å². The number of nitrogens with zero attached hydrogens (tertiary/aromatic N) is 1. The summed E-state index contributed by atoms with van der Waals surface area (Å²) in [6.45, 7) is 1.76. The van der Waals surface area contributed by atoms with Crippen LogP contribution in [0.4, 0.5) is 14.5 Å². The Morgan fingerprint density at radius 1 is 1.36 bits per heavy atom. The number of hydrogen-bond acceptors (Lipinski definition) is 5. The average Bonchev–Trinajstić information content (AvgIpc) is 2.43. The number of fused-ring (bicyclic) bond motifs is 1. The molecule has 0 fully saturated rings. The fourth-order valence-electron chi connectivity index (χ4n) is 2.10. The first-order valence-corrected chi connectivity index (χ1v) is 8.17. The van der Waals surface area contributed by atoms with E-state index < -0.39 is 28.6 Å². The molecule has 1 aromatic carbocycles. The molecule has 2 aromatic rings. The molecule has 1 heterocycles. The Hall–Kier alpha value is -1.67. The van der Waals surface area contributed by atoms with Crippen LogP contribution in [0.2, 0.25) is 0 Å². The van der Waals surface area contributed by atoms with Crippen molar-refractivity contribution >= 4 is 44.8 Å². The number of carbonyl (C=O) groups is 1. The Labute approximate surface area is 133 Å². The van der Waals surface area contributed by atoms with Gasteiger partial charge in [-0.1, -0.05) is 6.92 Å². The smallest absolute Gasteiger partial charge is 0.340 e. The zero-order valence-electron chi connectivity index (χ0n) is 12.1. The van der Waals surface area contributed by atoms with Crippen molar-refractivity contribution in [1.82, 2.24) is 0 Å². The van der Waals surface area contributed by atoms with Gasteiger partial charge in [0.15, 0.2) is 11.6 Å². The molecule has 0 atom stereocenters. The molecule has 1 aromatic heterocycles. The van der Waals surface area contributed by atoms with E-state index in [0.717, 1.165) is 28.5 Å². The lowest BCUT2D eigenvalue weighted by Crippen LogP contribution is -2.20. The second-order valence-corrected chi connectivity index (χ2v) is 6.77. The quantitative estimate of drug-likeness (QED) is 0.861. The summed E-state index contributed by atoms with van der Waals surface area (Å²) in [4.78, 5) is 24.6. The summed E-state index contributed by atoms with van der Waals surface area (Å²) < 4.78 is 29.1. The first-order chi connectivity index (χ1) is 10.3. The van der Waals surface area contributed by atoms with Gasteiger partial charge < -0.3 is 10.0 Å². The van der Waals surface area contributed by atoms with Gasteiger partial charge >= 0.3 is 5.97 Å². The Morgan fingerprint density at radius 2 is 2.00 bits per heavy atom. The zero-order valence-corrected chi connectivity index (χ0v) is 13.7. The summed E-state index contributed by atoms with van der Waals surface area (Å²) in [6, 6.07) is 0. The van der Waals surface area contributed by atoms with Crippen LogP contribution >= 0.6 is 23.1 Å². The minimum absolute atomic E-state index is 0.0314. The molecule has 118 valence electrons. The zero-order chi connectivity index (χ0) is 16.6. The standard InChI is InChI=1S/C14H13F2NO3S2/c1-4-21-13-8(15)10(17(2)3)7-11(18)6(14(19)20)5-22-12(7)9(13)16/h5H,4H2,1-3H3,(H,19,20). The maximum absolute atomic E-state index is 14.6. The first kappa shape index (κ1) is 16.7. The highest BCUT2D eigenvalue weighted by Crippen LogP contribution is 2.39. The number of carboxylic acid groups (broad SMARTS) is 1. The number of thioether (sulfide) groups is 1. The maximum Gasteiger partial charge on any atom is 0.340 e. The number of hydrogen-bond donors (Lipinski definition) is 1. The Kier molecular flexibility index (Phi) is 4.72. The second-order valence-electron chi connectivity index (χ2n) is 4.62. The average molecular weight is 345 g/mol. The van der Waals surface area contributed by atoms with E-state index in [2.05, 4.69) is 0 Å². The highest BCUT2D eigenvalue weighted by atomic mass is 32.2. The van der Waals surface area contributed by atoms with Gasteiger partial charge in [0, 0.05) is 19.5 Å². The summed E-state index contributed by atoms with van der Waals surface area (Å²) in [5, 5.41) is 9.89. The number of aromatic carboxylic acids is 1. The number of rotatable bonds is 4. The molecular formula is C14H13F2NO3S2. The molecule has 0 aliphatic heterocycles. The van der Waals surface area contributed by atoms with Gasteiger partial charge in [0.1, 0.15) is 5.56 Å². The molecule has 0 spiro atoms. The Balaban J connectivity index is 3.05. The monoisotopic (exact) mass is 345 g/mol. The van der Waals surface area contributed by atoms with Crippen molar-refractivity contribution in [3.8, 4) is 0 Å². The highest BCUT2D eigenvalue weighted by Gasteiger charge is 2.25. The van der Waals surface area contributed by atoms with Crippen molar-refractivity contribution in [3.05, 3.63) is 32.8 Å². The van der Waals surface area contributed by atoms with Crippen molar-refractivity contribution < 1.29 is 18.7 Å². The van der Waals surface area contributed by atoms with E-state index in [1.807, 2.05) is 0 Å². The van der Waals surface area contributed by atoms with E-state index in [9.17, 15) is 18.4 Å². The second kappa shape index (κ2) is 6.21. The van der Waals surface area contributed by atoms with Crippen LogP contribution in [-0.2, 0) is 0 Å². The lowest BCUT2D eigenvalue weighted by atomic mass is 10.1. The summed E-state index contributed by atoms with van der Waals surface area (Å²) >= 11 is 1.79. The van der Waals surface area contributed by atoms with E-state index in [1.54, 1.807) is 6.92 Å². The van der Waals surface area contributed by atoms with Gasteiger partial charge in [-0.15, -0.1) is 23.1 Å². The van der Waals surface area contributed by atoms with Crippen LogP contribution in [0.5, 0.6) is 0 Å². The molecule has 8 heteroatoms. The predicted octanol–water partition coefficient (Wildman–Crippen LogP) is 3.42.